The molecule has 25 heavy (non-hydrogen) atoms. The smallest absolute Gasteiger partial charge is 0.382 e. The predicted molar refractivity (Wildman–Crippen MR) is 90.8 cm³/mol. The molecule has 0 aliphatic rings. The molecule has 3 rings (SSSR count). The van der Waals surface area contributed by atoms with Crippen molar-refractivity contribution in [3.05, 3.63) is 64.1 Å². The second kappa shape index (κ2) is 6.26. The summed E-state index contributed by atoms with van der Waals surface area (Å²) < 4.78 is 40.2. The van der Waals surface area contributed by atoms with Crippen LogP contribution in [0.5, 0.6) is 0 Å². The quantitative estimate of drug-likeness (QED) is 0.665. The van der Waals surface area contributed by atoms with Gasteiger partial charge in [0.25, 0.3) is 0 Å². The summed E-state index contributed by atoms with van der Waals surface area (Å²) in [5.41, 5.74) is 6.59. The van der Waals surface area contributed by atoms with Gasteiger partial charge in [0.1, 0.15) is 23.1 Å². The molecule has 4 nitrogen and oxygen atoms in total. The maximum atomic E-state index is 12.7. The van der Waals surface area contributed by atoms with Gasteiger partial charge in [0.15, 0.2) is 0 Å². The van der Waals surface area contributed by atoms with Gasteiger partial charge in [-0.25, -0.2) is 4.68 Å². The van der Waals surface area contributed by atoms with Crippen LogP contribution in [0.4, 0.5) is 19.0 Å². The summed E-state index contributed by atoms with van der Waals surface area (Å²) in [4.78, 5) is 0. The molecule has 1 heterocycles. The fourth-order valence-electron chi connectivity index (χ4n) is 2.37. The maximum absolute atomic E-state index is 12.7. The average Bonchev–Trinajstić information content (AvgIpc) is 2.91. The molecule has 0 spiro atoms. The van der Waals surface area contributed by atoms with Gasteiger partial charge in [-0.15, -0.1) is 0 Å². The molecule has 126 valence electrons. The molecule has 8 heteroatoms. The molecule has 2 N–H and O–H groups in total. The third-order valence-corrected chi connectivity index (χ3v) is 4.27. The SMILES string of the molecule is N#Cc1c(-c2ccc(C(F)(F)F)cc2)nn(-c2ccccc2Br)c1N. The highest BCUT2D eigenvalue weighted by Gasteiger charge is 2.30. The molecule has 1 aromatic heterocycles. The molecule has 3 aromatic rings. The molecule has 0 bridgehead atoms. The van der Waals surface area contributed by atoms with E-state index in [2.05, 4.69) is 21.0 Å². The largest absolute Gasteiger partial charge is 0.416 e. The number of nitrogen functional groups attached to an aromatic ring is 1. The van der Waals surface area contributed by atoms with Crippen LogP contribution >= 0.6 is 15.9 Å². The maximum Gasteiger partial charge on any atom is 0.416 e. The minimum atomic E-state index is -4.43. The van der Waals surface area contributed by atoms with Crippen molar-refractivity contribution >= 4 is 21.7 Å². The number of hydrogen-bond donors (Lipinski definition) is 1. The minimum absolute atomic E-state index is 0.107. The Hall–Kier alpha value is -2.79. The Labute approximate surface area is 149 Å². The van der Waals surface area contributed by atoms with Gasteiger partial charge in [0.2, 0.25) is 0 Å². The van der Waals surface area contributed by atoms with E-state index in [1.54, 1.807) is 18.2 Å². The summed E-state index contributed by atoms with van der Waals surface area (Å²) in [6, 6.07) is 13.6. The lowest BCUT2D eigenvalue weighted by Crippen LogP contribution is -2.04. The van der Waals surface area contributed by atoms with Crippen LogP contribution in [0.2, 0.25) is 0 Å². The van der Waals surface area contributed by atoms with Crippen molar-refractivity contribution in [3.63, 3.8) is 0 Å². The van der Waals surface area contributed by atoms with Crippen LogP contribution in [0.25, 0.3) is 16.9 Å². The number of halogens is 4. The van der Waals surface area contributed by atoms with Gasteiger partial charge in [-0.1, -0.05) is 24.3 Å². The molecular formula is C17H10BrF3N4. The van der Waals surface area contributed by atoms with E-state index in [9.17, 15) is 18.4 Å². The molecule has 0 atom stereocenters. The number of aromatic nitrogens is 2. The number of nitrogens with two attached hydrogens (primary N) is 1. The fraction of sp³-hybridized carbons (Fsp3) is 0.0588. The number of para-hydroxylation sites is 1. The van der Waals surface area contributed by atoms with E-state index in [0.29, 0.717) is 15.7 Å². The molecule has 0 saturated carbocycles. The van der Waals surface area contributed by atoms with E-state index in [0.717, 1.165) is 12.1 Å². The number of nitrogens with zero attached hydrogens (tertiary/aromatic N) is 3. The van der Waals surface area contributed by atoms with Gasteiger partial charge in [0.05, 0.1) is 11.3 Å². The first-order valence-corrected chi connectivity index (χ1v) is 7.83. The molecule has 0 aliphatic carbocycles. The van der Waals surface area contributed by atoms with Crippen LogP contribution < -0.4 is 5.73 Å². The minimum Gasteiger partial charge on any atom is -0.382 e. The highest BCUT2D eigenvalue weighted by atomic mass is 79.9. The number of alkyl halides is 3. The Bertz CT molecular complexity index is 969. The summed E-state index contributed by atoms with van der Waals surface area (Å²) >= 11 is 3.39. The van der Waals surface area contributed by atoms with Crippen molar-refractivity contribution in [1.29, 1.82) is 5.26 Å². The van der Waals surface area contributed by atoms with Crippen molar-refractivity contribution in [3.8, 4) is 23.0 Å². The van der Waals surface area contributed by atoms with E-state index in [-0.39, 0.29) is 17.1 Å². The molecule has 0 saturated heterocycles. The van der Waals surface area contributed by atoms with Gasteiger partial charge in [-0.2, -0.15) is 23.5 Å². The predicted octanol–water partition coefficient (Wildman–Crippen LogP) is 4.77. The monoisotopic (exact) mass is 406 g/mol. The van der Waals surface area contributed by atoms with Crippen molar-refractivity contribution in [2.45, 2.75) is 6.18 Å². The van der Waals surface area contributed by atoms with E-state index in [1.165, 1.54) is 16.8 Å². The summed E-state index contributed by atoms with van der Waals surface area (Å²) in [7, 11) is 0. The number of nitriles is 1. The van der Waals surface area contributed by atoms with Gasteiger partial charge >= 0.3 is 6.18 Å². The van der Waals surface area contributed by atoms with Crippen molar-refractivity contribution in [2.24, 2.45) is 0 Å². The van der Waals surface area contributed by atoms with Crippen LogP contribution in [0.3, 0.4) is 0 Å². The first-order chi connectivity index (χ1) is 11.8. The van der Waals surface area contributed by atoms with Crippen LogP contribution in [-0.4, -0.2) is 9.78 Å². The number of hydrogen-bond acceptors (Lipinski definition) is 3. The van der Waals surface area contributed by atoms with Crippen LogP contribution in [0, 0.1) is 11.3 Å². The van der Waals surface area contributed by atoms with Crippen LogP contribution in [0.15, 0.2) is 53.0 Å². The standard InChI is InChI=1S/C17H10BrF3N4/c18-13-3-1-2-4-14(13)25-16(23)12(9-22)15(24-25)10-5-7-11(8-6-10)17(19,20)21/h1-8H,23H2. The molecule has 2 aromatic carbocycles. The van der Waals surface area contributed by atoms with Crippen LogP contribution in [-0.2, 0) is 6.18 Å². The Morgan fingerprint density at radius 1 is 1.08 bits per heavy atom. The highest BCUT2D eigenvalue weighted by Crippen LogP contribution is 2.34. The third-order valence-electron chi connectivity index (χ3n) is 3.60. The zero-order valence-corrected chi connectivity index (χ0v) is 14.1. The Morgan fingerprint density at radius 3 is 2.28 bits per heavy atom. The molecule has 0 unspecified atom stereocenters. The van der Waals surface area contributed by atoms with E-state index in [4.69, 9.17) is 5.73 Å². The molecule has 0 radical (unpaired) electrons. The fourth-order valence-corrected chi connectivity index (χ4v) is 2.82. The summed E-state index contributed by atoms with van der Waals surface area (Å²) in [5.74, 6) is 0.115. The Balaban J connectivity index is 2.14. The summed E-state index contributed by atoms with van der Waals surface area (Å²) in [6.45, 7) is 0. The lowest BCUT2D eigenvalue weighted by molar-refractivity contribution is -0.137. The molecular weight excluding hydrogens is 397 g/mol. The Kier molecular flexibility index (Phi) is 4.27. The zero-order chi connectivity index (χ0) is 18.2. The van der Waals surface area contributed by atoms with Gasteiger partial charge < -0.3 is 5.73 Å². The second-order valence-corrected chi connectivity index (χ2v) is 6.01. The zero-order valence-electron chi connectivity index (χ0n) is 12.5. The number of rotatable bonds is 2. The normalized spacial score (nSPS) is 11.3. The van der Waals surface area contributed by atoms with Gasteiger partial charge in [-0.05, 0) is 40.2 Å². The molecule has 0 aliphatic heterocycles. The highest BCUT2D eigenvalue weighted by molar-refractivity contribution is 9.10. The van der Waals surface area contributed by atoms with Crippen molar-refractivity contribution < 1.29 is 13.2 Å². The van der Waals surface area contributed by atoms with Crippen molar-refractivity contribution in [1.82, 2.24) is 9.78 Å². The second-order valence-electron chi connectivity index (χ2n) is 5.16. The lowest BCUT2D eigenvalue weighted by atomic mass is 10.1. The van der Waals surface area contributed by atoms with Crippen molar-refractivity contribution in [2.75, 3.05) is 5.73 Å². The number of anilines is 1. The molecule has 0 fully saturated rings. The van der Waals surface area contributed by atoms with E-state index >= 15 is 0 Å². The first-order valence-electron chi connectivity index (χ1n) is 7.04. The van der Waals surface area contributed by atoms with Gasteiger partial charge in [-0.3, -0.25) is 0 Å². The average molecular weight is 407 g/mol. The summed E-state index contributed by atoms with van der Waals surface area (Å²) in [5, 5.41) is 13.7. The number of benzene rings is 2. The van der Waals surface area contributed by atoms with E-state index < -0.39 is 11.7 Å². The van der Waals surface area contributed by atoms with E-state index in [1.807, 2.05) is 12.1 Å². The van der Waals surface area contributed by atoms with Crippen LogP contribution in [0.1, 0.15) is 11.1 Å². The summed E-state index contributed by atoms with van der Waals surface area (Å²) in [6.07, 6.45) is -4.43. The third kappa shape index (κ3) is 3.10. The lowest BCUT2D eigenvalue weighted by Gasteiger charge is -2.07. The topological polar surface area (TPSA) is 67.6 Å². The Morgan fingerprint density at radius 2 is 1.72 bits per heavy atom. The first kappa shape index (κ1) is 17.0. The van der Waals surface area contributed by atoms with Gasteiger partial charge in [0, 0.05) is 10.0 Å². The molecule has 0 amide bonds.